The Bertz CT molecular complexity index is 146. The Balaban J connectivity index is -0.00000112. The fourth-order valence-electron chi connectivity index (χ4n) is 2.07. The average molecular weight is 355 g/mol. The van der Waals surface area contributed by atoms with E-state index < -0.39 is 0 Å². The SMILES string of the molecule is CCCCCCCCCCCC[N+](C)(C)C.[Cl-].[Zr]. The summed E-state index contributed by atoms with van der Waals surface area (Å²) in [5.41, 5.74) is 0. The molecular weight excluding hydrogens is 321 g/mol. The minimum Gasteiger partial charge on any atom is -1.00 e. The number of nitrogens with zero attached hydrogens (tertiary/aromatic N) is 1. The van der Waals surface area contributed by atoms with E-state index in [2.05, 4.69) is 28.1 Å². The van der Waals surface area contributed by atoms with E-state index in [1.165, 1.54) is 70.8 Å². The van der Waals surface area contributed by atoms with Gasteiger partial charge in [0.15, 0.2) is 0 Å². The zero-order valence-electron chi connectivity index (χ0n) is 13.1. The average Bonchev–Trinajstić information content (AvgIpc) is 2.19. The Morgan fingerprint density at radius 3 is 1.28 bits per heavy atom. The van der Waals surface area contributed by atoms with E-state index in [0.29, 0.717) is 0 Å². The molecule has 0 heterocycles. The van der Waals surface area contributed by atoms with Gasteiger partial charge in [-0.15, -0.1) is 0 Å². The van der Waals surface area contributed by atoms with Crippen molar-refractivity contribution in [3.63, 3.8) is 0 Å². The van der Waals surface area contributed by atoms with Crippen molar-refractivity contribution >= 4 is 0 Å². The predicted octanol–water partition coefficient (Wildman–Crippen LogP) is 1.62. The summed E-state index contributed by atoms with van der Waals surface area (Å²) in [7, 11) is 6.86. The molecule has 110 valence electrons. The molecule has 0 N–H and O–H groups in total. The quantitative estimate of drug-likeness (QED) is 0.390. The van der Waals surface area contributed by atoms with Crippen molar-refractivity contribution in [1.82, 2.24) is 0 Å². The molecule has 0 aliphatic rings. The Morgan fingerprint density at radius 1 is 0.611 bits per heavy atom. The molecule has 0 amide bonds. The van der Waals surface area contributed by atoms with Crippen molar-refractivity contribution in [1.29, 1.82) is 0 Å². The minimum absolute atomic E-state index is 0. The summed E-state index contributed by atoms with van der Waals surface area (Å²) in [5, 5.41) is 0. The van der Waals surface area contributed by atoms with Crippen LogP contribution in [0.1, 0.15) is 71.1 Å². The van der Waals surface area contributed by atoms with Crippen LogP contribution in [-0.2, 0) is 26.2 Å². The van der Waals surface area contributed by atoms with Crippen LogP contribution >= 0.6 is 0 Å². The second-order valence-electron chi connectivity index (χ2n) is 6.20. The van der Waals surface area contributed by atoms with Crippen LogP contribution in [0.4, 0.5) is 0 Å². The second kappa shape index (κ2) is 16.2. The Morgan fingerprint density at radius 2 is 0.944 bits per heavy atom. The number of hydrogen-bond acceptors (Lipinski definition) is 0. The van der Waals surface area contributed by atoms with E-state index in [1.807, 2.05) is 0 Å². The van der Waals surface area contributed by atoms with Gasteiger partial charge in [-0.2, -0.15) is 0 Å². The standard InChI is InChI=1S/C15H34N.ClH.Zr/c1-5-6-7-8-9-10-11-12-13-14-15-16(2,3)4;;/h5-15H2,1-4H3;1H;/q+1;;/p-1. The maximum atomic E-state index is 2.29. The molecule has 0 aliphatic carbocycles. The van der Waals surface area contributed by atoms with Crippen molar-refractivity contribution in [2.45, 2.75) is 71.1 Å². The van der Waals surface area contributed by atoms with E-state index >= 15 is 0 Å². The third kappa shape index (κ3) is 22.3. The molecule has 0 aromatic carbocycles. The zero-order chi connectivity index (χ0) is 12.3. The molecule has 18 heavy (non-hydrogen) atoms. The van der Waals surface area contributed by atoms with Crippen molar-refractivity contribution < 1.29 is 43.1 Å². The van der Waals surface area contributed by atoms with Crippen molar-refractivity contribution in [2.24, 2.45) is 0 Å². The van der Waals surface area contributed by atoms with Crippen LogP contribution in [0, 0.1) is 0 Å². The van der Waals surface area contributed by atoms with Gasteiger partial charge in [0.2, 0.25) is 0 Å². The summed E-state index contributed by atoms with van der Waals surface area (Å²) in [4.78, 5) is 0. The van der Waals surface area contributed by atoms with Crippen molar-refractivity contribution in [3.8, 4) is 0 Å². The Labute approximate surface area is 141 Å². The van der Waals surface area contributed by atoms with Crippen LogP contribution in [0.5, 0.6) is 0 Å². The maximum Gasteiger partial charge on any atom is 0.0780 e. The van der Waals surface area contributed by atoms with Crippen LogP contribution in [-0.4, -0.2) is 32.2 Å². The molecule has 0 atom stereocenters. The van der Waals surface area contributed by atoms with Crippen LogP contribution < -0.4 is 12.4 Å². The smallest absolute Gasteiger partial charge is 0.0780 e. The van der Waals surface area contributed by atoms with Crippen molar-refractivity contribution in [2.75, 3.05) is 27.7 Å². The van der Waals surface area contributed by atoms with E-state index in [9.17, 15) is 0 Å². The maximum absolute atomic E-state index is 2.29. The largest absolute Gasteiger partial charge is 1.00 e. The van der Waals surface area contributed by atoms with E-state index in [1.54, 1.807) is 0 Å². The van der Waals surface area contributed by atoms with Crippen LogP contribution in [0.25, 0.3) is 0 Å². The summed E-state index contributed by atoms with van der Waals surface area (Å²) in [6.07, 6.45) is 14.4. The van der Waals surface area contributed by atoms with Gasteiger partial charge in [0.05, 0.1) is 27.7 Å². The van der Waals surface area contributed by atoms with Gasteiger partial charge < -0.3 is 16.9 Å². The molecule has 0 rings (SSSR count). The second-order valence-corrected chi connectivity index (χ2v) is 6.20. The third-order valence-corrected chi connectivity index (χ3v) is 3.18. The van der Waals surface area contributed by atoms with Gasteiger partial charge in [0.1, 0.15) is 0 Å². The summed E-state index contributed by atoms with van der Waals surface area (Å²) >= 11 is 0. The number of unbranched alkanes of at least 4 members (excludes halogenated alkanes) is 9. The zero-order valence-corrected chi connectivity index (χ0v) is 16.3. The minimum atomic E-state index is 0. The molecule has 0 saturated carbocycles. The number of hydrogen-bond donors (Lipinski definition) is 0. The van der Waals surface area contributed by atoms with E-state index in [0.717, 1.165) is 4.48 Å². The number of quaternary nitrogens is 1. The molecule has 0 aromatic rings. The summed E-state index contributed by atoms with van der Waals surface area (Å²) < 4.78 is 1.12. The molecule has 0 unspecified atom stereocenters. The first kappa shape index (κ1) is 24.2. The molecule has 0 aliphatic heterocycles. The molecule has 0 aromatic heterocycles. The summed E-state index contributed by atoms with van der Waals surface area (Å²) in [5.74, 6) is 0. The molecule has 0 saturated heterocycles. The third-order valence-electron chi connectivity index (χ3n) is 3.18. The first-order chi connectivity index (χ1) is 7.56. The van der Waals surface area contributed by atoms with Gasteiger partial charge in [-0.1, -0.05) is 58.3 Å². The topological polar surface area (TPSA) is 0 Å². The van der Waals surface area contributed by atoms with Gasteiger partial charge in [-0.05, 0) is 12.8 Å². The first-order valence-corrected chi connectivity index (χ1v) is 7.36. The van der Waals surface area contributed by atoms with Gasteiger partial charge >= 0.3 is 0 Å². The predicted molar refractivity (Wildman–Crippen MR) is 74.7 cm³/mol. The number of halogens is 1. The molecule has 0 radical (unpaired) electrons. The van der Waals surface area contributed by atoms with Crippen LogP contribution in [0.2, 0.25) is 0 Å². The van der Waals surface area contributed by atoms with Gasteiger partial charge in [0, 0.05) is 26.2 Å². The summed E-state index contributed by atoms with van der Waals surface area (Å²) in [6.45, 7) is 3.62. The normalized spacial score (nSPS) is 10.7. The molecule has 0 bridgehead atoms. The van der Waals surface area contributed by atoms with Gasteiger partial charge in [-0.25, -0.2) is 0 Å². The summed E-state index contributed by atoms with van der Waals surface area (Å²) in [6, 6.07) is 0. The van der Waals surface area contributed by atoms with Crippen LogP contribution in [0.3, 0.4) is 0 Å². The Kier molecular flexibility index (Phi) is 21.7. The van der Waals surface area contributed by atoms with E-state index in [-0.39, 0.29) is 38.6 Å². The molecule has 3 heteroatoms. The fourth-order valence-corrected chi connectivity index (χ4v) is 2.07. The van der Waals surface area contributed by atoms with E-state index in [4.69, 9.17) is 0 Å². The van der Waals surface area contributed by atoms with Gasteiger partial charge in [-0.3, -0.25) is 0 Å². The Hall–Kier alpha value is 1.13. The molecule has 1 nitrogen and oxygen atoms in total. The number of rotatable bonds is 11. The van der Waals surface area contributed by atoms with Crippen LogP contribution in [0.15, 0.2) is 0 Å². The molecule has 0 fully saturated rings. The molecule has 0 spiro atoms. The fraction of sp³-hybridized carbons (Fsp3) is 1.00. The molecular formula is C15H34ClNZr. The monoisotopic (exact) mass is 353 g/mol. The van der Waals surface area contributed by atoms with Gasteiger partial charge in [0.25, 0.3) is 0 Å². The first-order valence-electron chi connectivity index (χ1n) is 7.36. The van der Waals surface area contributed by atoms with Crippen molar-refractivity contribution in [3.05, 3.63) is 0 Å².